The lowest BCUT2D eigenvalue weighted by atomic mass is 10.2. The molecule has 15 heavy (non-hydrogen) atoms. The number of nitrogens with one attached hydrogen (secondary N) is 1. The number of nitrogens with zero attached hydrogens (tertiary/aromatic N) is 1. The van der Waals surface area contributed by atoms with Crippen molar-refractivity contribution >= 4 is 11.4 Å². The molecule has 0 amide bonds. The number of methoxy groups -OCH3 is 1. The van der Waals surface area contributed by atoms with Crippen LogP contribution in [0.15, 0.2) is 18.2 Å². The molecule has 0 aromatic heterocycles. The predicted octanol–water partition coefficient (Wildman–Crippen LogP) is 0.933. The summed E-state index contributed by atoms with van der Waals surface area (Å²) < 4.78 is 5.17. The third kappa shape index (κ3) is 3.02. The van der Waals surface area contributed by atoms with Gasteiger partial charge >= 0.3 is 0 Å². The molecule has 0 heterocycles. The Hall–Kier alpha value is -1.42. The fourth-order valence-corrected chi connectivity index (χ4v) is 1.35. The van der Waals surface area contributed by atoms with Crippen molar-refractivity contribution in [3.63, 3.8) is 0 Å². The van der Waals surface area contributed by atoms with Crippen molar-refractivity contribution in [3.8, 4) is 5.75 Å². The lowest BCUT2D eigenvalue weighted by molar-refractivity contribution is 0.417. The van der Waals surface area contributed by atoms with E-state index >= 15 is 0 Å². The zero-order valence-electron chi connectivity index (χ0n) is 9.58. The number of ether oxygens (including phenoxy) is 1. The van der Waals surface area contributed by atoms with Crippen LogP contribution >= 0.6 is 0 Å². The van der Waals surface area contributed by atoms with Crippen molar-refractivity contribution in [1.29, 1.82) is 0 Å². The predicted molar refractivity (Wildman–Crippen MR) is 64.6 cm³/mol. The van der Waals surface area contributed by atoms with Gasteiger partial charge in [0.05, 0.1) is 12.8 Å². The van der Waals surface area contributed by atoms with Crippen LogP contribution in [0.4, 0.5) is 11.4 Å². The number of nitrogen functional groups attached to an aromatic ring is 1. The Morgan fingerprint density at radius 2 is 2.20 bits per heavy atom. The molecule has 0 aliphatic heterocycles. The van der Waals surface area contributed by atoms with E-state index in [-0.39, 0.29) is 0 Å². The molecule has 0 spiro atoms. The second-order valence-electron chi connectivity index (χ2n) is 3.45. The van der Waals surface area contributed by atoms with Crippen molar-refractivity contribution in [2.75, 3.05) is 44.9 Å². The van der Waals surface area contributed by atoms with Gasteiger partial charge < -0.3 is 20.7 Å². The molecule has 0 atom stereocenters. The highest BCUT2D eigenvalue weighted by Gasteiger charge is 2.04. The third-order valence-corrected chi connectivity index (χ3v) is 2.36. The zero-order valence-corrected chi connectivity index (χ0v) is 9.58. The molecule has 84 valence electrons. The zero-order chi connectivity index (χ0) is 11.3. The van der Waals surface area contributed by atoms with E-state index in [9.17, 15) is 0 Å². The van der Waals surface area contributed by atoms with Crippen LogP contribution in [-0.2, 0) is 0 Å². The first-order valence-corrected chi connectivity index (χ1v) is 4.98. The molecule has 1 rings (SSSR count). The van der Waals surface area contributed by atoms with Gasteiger partial charge in [0.15, 0.2) is 0 Å². The molecule has 0 saturated carbocycles. The maximum Gasteiger partial charge on any atom is 0.143 e. The van der Waals surface area contributed by atoms with E-state index in [1.165, 1.54) is 0 Å². The number of likely N-dealkylation sites (N-methyl/N-ethyl adjacent to an activating group) is 2. The summed E-state index contributed by atoms with van der Waals surface area (Å²) in [5.41, 5.74) is 7.52. The smallest absolute Gasteiger partial charge is 0.143 e. The van der Waals surface area contributed by atoms with Crippen LogP contribution in [-0.4, -0.2) is 34.3 Å². The average Bonchev–Trinajstić information content (AvgIpc) is 2.26. The fourth-order valence-electron chi connectivity index (χ4n) is 1.35. The van der Waals surface area contributed by atoms with Crippen molar-refractivity contribution in [2.24, 2.45) is 0 Å². The summed E-state index contributed by atoms with van der Waals surface area (Å²) in [7, 11) is 5.61. The van der Waals surface area contributed by atoms with Crippen LogP contribution < -0.4 is 20.7 Å². The molecule has 1 aromatic rings. The van der Waals surface area contributed by atoms with Gasteiger partial charge in [0.2, 0.25) is 0 Å². The molecule has 1 aromatic carbocycles. The van der Waals surface area contributed by atoms with Crippen molar-refractivity contribution in [3.05, 3.63) is 18.2 Å². The summed E-state index contributed by atoms with van der Waals surface area (Å²) in [6.07, 6.45) is 0. The van der Waals surface area contributed by atoms with E-state index in [0.29, 0.717) is 5.69 Å². The molecule has 0 radical (unpaired) electrons. The number of rotatable bonds is 5. The molecule has 0 aliphatic carbocycles. The number of anilines is 2. The topological polar surface area (TPSA) is 50.5 Å². The Morgan fingerprint density at radius 1 is 1.47 bits per heavy atom. The molecular formula is C11H19N3O. The molecule has 3 N–H and O–H groups in total. The minimum absolute atomic E-state index is 0.670. The van der Waals surface area contributed by atoms with E-state index in [1.54, 1.807) is 7.11 Å². The first kappa shape index (κ1) is 11.7. The van der Waals surface area contributed by atoms with Gasteiger partial charge in [-0.3, -0.25) is 0 Å². The Labute approximate surface area is 91.0 Å². The van der Waals surface area contributed by atoms with Gasteiger partial charge in [0.1, 0.15) is 5.75 Å². The van der Waals surface area contributed by atoms with Gasteiger partial charge in [0.25, 0.3) is 0 Å². The maximum atomic E-state index is 5.74. The summed E-state index contributed by atoms with van der Waals surface area (Å²) in [4.78, 5) is 2.15. The minimum Gasteiger partial charge on any atom is -0.495 e. The number of benzene rings is 1. The van der Waals surface area contributed by atoms with Crippen LogP contribution in [0.1, 0.15) is 0 Å². The fraction of sp³-hybridized carbons (Fsp3) is 0.455. The van der Waals surface area contributed by atoms with Gasteiger partial charge in [-0.2, -0.15) is 0 Å². The Morgan fingerprint density at radius 3 is 2.80 bits per heavy atom. The lowest BCUT2D eigenvalue weighted by Gasteiger charge is -2.20. The highest BCUT2D eigenvalue weighted by molar-refractivity contribution is 5.62. The second kappa shape index (κ2) is 5.46. The van der Waals surface area contributed by atoms with E-state index in [0.717, 1.165) is 24.5 Å². The molecule has 0 bridgehead atoms. The maximum absolute atomic E-state index is 5.74. The molecule has 0 unspecified atom stereocenters. The van der Waals surface area contributed by atoms with E-state index < -0.39 is 0 Å². The van der Waals surface area contributed by atoms with Gasteiger partial charge in [-0.25, -0.2) is 0 Å². The molecular weight excluding hydrogens is 190 g/mol. The van der Waals surface area contributed by atoms with Crippen molar-refractivity contribution in [2.45, 2.75) is 0 Å². The Kier molecular flexibility index (Phi) is 4.24. The number of nitrogens with two attached hydrogens (primary N) is 1. The van der Waals surface area contributed by atoms with Crippen LogP contribution in [0.2, 0.25) is 0 Å². The standard InChI is InChI=1S/C11H19N3O/c1-13-6-7-14(2)9-4-5-10(12)11(8-9)15-3/h4-5,8,13H,6-7,12H2,1-3H3. The summed E-state index contributed by atoms with van der Waals surface area (Å²) in [6, 6.07) is 5.81. The summed E-state index contributed by atoms with van der Waals surface area (Å²) in [5, 5.41) is 3.11. The first-order chi connectivity index (χ1) is 7.19. The van der Waals surface area contributed by atoms with E-state index in [2.05, 4.69) is 10.2 Å². The van der Waals surface area contributed by atoms with Crippen LogP contribution in [0.3, 0.4) is 0 Å². The van der Waals surface area contributed by atoms with Crippen molar-refractivity contribution < 1.29 is 4.74 Å². The molecule has 4 heteroatoms. The van der Waals surface area contributed by atoms with E-state index in [1.807, 2.05) is 32.3 Å². The monoisotopic (exact) mass is 209 g/mol. The summed E-state index contributed by atoms with van der Waals surface area (Å²) in [5.74, 6) is 0.726. The largest absolute Gasteiger partial charge is 0.495 e. The SMILES string of the molecule is CNCCN(C)c1ccc(N)c(OC)c1. The van der Waals surface area contributed by atoms with Crippen LogP contribution in [0.5, 0.6) is 5.75 Å². The quantitative estimate of drug-likeness (QED) is 0.708. The molecule has 0 aliphatic rings. The summed E-state index contributed by atoms with van der Waals surface area (Å²) in [6.45, 7) is 1.90. The van der Waals surface area contributed by atoms with Crippen molar-refractivity contribution in [1.82, 2.24) is 5.32 Å². The molecule has 0 fully saturated rings. The lowest BCUT2D eigenvalue weighted by Crippen LogP contribution is -2.27. The average molecular weight is 209 g/mol. The Bertz CT molecular complexity index is 315. The number of hydrogen-bond donors (Lipinski definition) is 2. The van der Waals surface area contributed by atoms with Gasteiger partial charge in [-0.15, -0.1) is 0 Å². The van der Waals surface area contributed by atoms with Gasteiger partial charge in [-0.05, 0) is 19.2 Å². The second-order valence-corrected chi connectivity index (χ2v) is 3.45. The van der Waals surface area contributed by atoms with Crippen LogP contribution in [0.25, 0.3) is 0 Å². The highest BCUT2D eigenvalue weighted by atomic mass is 16.5. The molecule has 4 nitrogen and oxygen atoms in total. The Balaban J connectivity index is 2.76. The number of hydrogen-bond acceptors (Lipinski definition) is 4. The van der Waals surface area contributed by atoms with Gasteiger partial charge in [-0.1, -0.05) is 0 Å². The van der Waals surface area contributed by atoms with E-state index in [4.69, 9.17) is 10.5 Å². The highest BCUT2D eigenvalue weighted by Crippen LogP contribution is 2.26. The third-order valence-electron chi connectivity index (χ3n) is 2.36. The van der Waals surface area contributed by atoms with Gasteiger partial charge in [0, 0.05) is 31.9 Å². The minimum atomic E-state index is 0.670. The molecule has 0 saturated heterocycles. The normalized spacial score (nSPS) is 10.1. The summed E-state index contributed by atoms with van der Waals surface area (Å²) >= 11 is 0. The first-order valence-electron chi connectivity index (χ1n) is 4.98. The van der Waals surface area contributed by atoms with Crippen LogP contribution in [0, 0.1) is 0 Å².